The van der Waals surface area contributed by atoms with Crippen LogP contribution in [-0.2, 0) is 20.6 Å². The van der Waals surface area contributed by atoms with Gasteiger partial charge in [0.15, 0.2) is 0 Å². The zero-order valence-corrected chi connectivity index (χ0v) is 34.6. The highest BCUT2D eigenvalue weighted by Gasteiger charge is 2.45. The highest BCUT2D eigenvalue weighted by atomic mass is 19.4. The number of hydrogen-bond donors (Lipinski definition) is 4. The Kier molecular flexibility index (Phi) is 13.3. The maximum absolute atomic E-state index is 14.1. The summed E-state index contributed by atoms with van der Waals surface area (Å²) in [5.74, 6) is -1.47. The summed E-state index contributed by atoms with van der Waals surface area (Å²) < 4.78 is 47.8. The van der Waals surface area contributed by atoms with Gasteiger partial charge in [0.25, 0.3) is 11.8 Å². The summed E-state index contributed by atoms with van der Waals surface area (Å²) in [6.07, 6.45) is 0.0539. The number of nitrogens with zero attached hydrogens (tertiary/aromatic N) is 3. The number of aromatic nitrogens is 1. The third kappa shape index (κ3) is 10.1. The zero-order chi connectivity index (χ0) is 44.1. The molecule has 0 aliphatic carbocycles. The van der Waals surface area contributed by atoms with E-state index in [9.17, 15) is 37.1 Å². The molecule has 0 spiro atoms. The number of anilines is 3. The van der Waals surface area contributed by atoms with Crippen molar-refractivity contribution in [3.05, 3.63) is 101 Å². The van der Waals surface area contributed by atoms with Crippen LogP contribution in [0.15, 0.2) is 79.0 Å². The van der Waals surface area contributed by atoms with E-state index in [0.29, 0.717) is 67.4 Å². The first kappa shape index (κ1) is 43.8. The van der Waals surface area contributed by atoms with E-state index in [0.717, 1.165) is 35.1 Å². The van der Waals surface area contributed by atoms with Crippen molar-refractivity contribution >= 4 is 46.7 Å². The van der Waals surface area contributed by atoms with Gasteiger partial charge in [0.2, 0.25) is 17.7 Å². The number of likely N-dealkylation sites (tertiary alicyclic amines) is 1. The molecule has 4 heterocycles. The van der Waals surface area contributed by atoms with Gasteiger partial charge < -0.3 is 26.0 Å². The molecular weight excluding hydrogens is 804 g/mol. The standard InChI is InChI=1S/C46H50F3N7O6/c1-27(2)23-32(50)26-62-38-14-10-30(24-35(38)46(47,48)49)31-16-20-52-39(25-31)53-33-11-8-28(9-12-33)29-17-21-55(22-18-29)41(58)7-4-19-51-36-6-3-5-34-42(36)45(61)56(44(34)60)37-13-15-40(57)54-43(37)59/h3,5-6,8-12,14,16,20,24-25,27,29,32,37,51H,4,7,13,15,17-19,21-23,26,50H2,1-2H3,(H,52,53)(H,54,57,59)/t32-,37?/m0/s1. The Balaban J connectivity index is 0.877. The number of amides is 5. The Labute approximate surface area is 357 Å². The fourth-order valence-corrected chi connectivity index (χ4v) is 8.34. The number of nitrogens with one attached hydrogen (secondary N) is 3. The number of imide groups is 2. The molecule has 7 rings (SSSR count). The quantitative estimate of drug-likeness (QED) is 0.0704. The van der Waals surface area contributed by atoms with Crippen LogP contribution in [-0.4, -0.2) is 82.6 Å². The minimum Gasteiger partial charge on any atom is -0.491 e. The van der Waals surface area contributed by atoms with Crippen molar-refractivity contribution in [3.63, 3.8) is 0 Å². The van der Waals surface area contributed by atoms with Crippen LogP contribution in [0, 0.1) is 5.92 Å². The van der Waals surface area contributed by atoms with Gasteiger partial charge in [-0.3, -0.25) is 34.2 Å². The predicted molar refractivity (Wildman–Crippen MR) is 227 cm³/mol. The van der Waals surface area contributed by atoms with Crippen LogP contribution in [0.1, 0.15) is 96.6 Å². The summed E-state index contributed by atoms with van der Waals surface area (Å²) >= 11 is 0. The lowest BCUT2D eigenvalue weighted by atomic mass is 9.89. The van der Waals surface area contributed by atoms with Crippen LogP contribution >= 0.6 is 0 Å². The Morgan fingerprint density at radius 3 is 2.40 bits per heavy atom. The van der Waals surface area contributed by atoms with Gasteiger partial charge in [0.1, 0.15) is 24.2 Å². The first-order chi connectivity index (χ1) is 29.7. The number of alkyl halides is 3. The highest BCUT2D eigenvalue weighted by Crippen LogP contribution is 2.40. The second kappa shape index (κ2) is 18.8. The van der Waals surface area contributed by atoms with E-state index in [1.165, 1.54) is 12.1 Å². The van der Waals surface area contributed by atoms with Crippen molar-refractivity contribution < 1.29 is 41.9 Å². The Hall–Kier alpha value is -6.29. The third-order valence-corrected chi connectivity index (χ3v) is 11.5. The second-order valence-electron chi connectivity index (χ2n) is 16.4. The van der Waals surface area contributed by atoms with Gasteiger partial charge in [-0.15, -0.1) is 0 Å². The fraction of sp³-hybridized carbons (Fsp3) is 0.391. The van der Waals surface area contributed by atoms with Crippen LogP contribution < -0.4 is 26.4 Å². The van der Waals surface area contributed by atoms with Crippen molar-refractivity contribution in [1.29, 1.82) is 0 Å². The van der Waals surface area contributed by atoms with Crippen molar-refractivity contribution in [2.45, 2.75) is 83.0 Å². The van der Waals surface area contributed by atoms with E-state index in [1.54, 1.807) is 36.5 Å². The topological polar surface area (TPSA) is 176 Å². The number of nitrogens with two attached hydrogens (primary N) is 1. The van der Waals surface area contributed by atoms with E-state index in [2.05, 4.69) is 20.9 Å². The molecule has 62 heavy (non-hydrogen) atoms. The molecule has 0 saturated carbocycles. The van der Waals surface area contributed by atoms with E-state index < -0.39 is 41.4 Å². The third-order valence-electron chi connectivity index (χ3n) is 11.5. The fourth-order valence-electron chi connectivity index (χ4n) is 8.34. The van der Waals surface area contributed by atoms with Gasteiger partial charge in [0, 0.05) is 56.1 Å². The SMILES string of the molecule is CC(C)C[C@H](N)COc1ccc(-c2ccnc(Nc3ccc(C4CCN(C(=O)CCCNc5cccc6c5C(=O)N(C5CCC(=O)NC5=O)C6=O)CC4)cc3)c2)cc1C(F)(F)F. The summed E-state index contributed by atoms with van der Waals surface area (Å²) in [6.45, 7) is 5.58. The minimum absolute atomic E-state index is 0.0179. The molecule has 2 saturated heterocycles. The second-order valence-corrected chi connectivity index (χ2v) is 16.4. The molecule has 3 aliphatic rings. The lowest BCUT2D eigenvalue weighted by Crippen LogP contribution is -2.54. The molecule has 5 amide bonds. The van der Waals surface area contributed by atoms with Crippen LogP contribution in [0.4, 0.5) is 30.4 Å². The molecule has 2 fully saturated rings. The summed E-state index contributed by atoms with van der Waals surface area (Å²) in [4.78, 5) is 70.9. The van der Waals surface area contributed by atoms with E-state index in [1.807, 2.05) is 43.0 Å². The number of carbonyl (C=O) groups is 5. The highest BCUT2D eigenvalue weighted by molar-refractivity contribution is 6.25. The molecule has 2 atom stereocenters. The van der Waals surface area contributed by atoms with Gasteiger partial charge >= 0.3 is 6.18 Å². The summed E-state index contributed by atoms with van der Waals surface area (Å²) in [6, 6.07) is 18.7. The minimum atomic E-state index is -4.62. The van der Waals surface area contributed by atoms with Crippen molar-refractivity contribution in [1.82, 2.24) is 20.1 Å². The van der Waals surface area contributed by atoms with Crippen molar-refractivity contribution in [2.75, 3.05) is 36.9 Å². The normalized spacial score (nSPS) is 17.6. The van der Waals surface area contributed by atoms with Gasteiger partial charge in [0.05, 0.1) is 16.7 Å². The Morgan fingerprint density at radius 1 is 0.952 bits per heavy atom. The molecule has 13 nitrogen and oxygen atoms in total. The molecule has 3 aliphatic heterocycles. The molecule has 1 aromatic heterocycles. The molecular formula is C46H50F3N7O6. The lowest BCUT2D eigenvalue weighted by molar-refractivity contribution is -0.139. The number of hydrogen-bond acceptors (Lipinski definition) is 10. The number of piperidine rings is 2. The number of ether oxygens (including phenoxy) is 1. The Bertz CT molecular complexity index is 2330. The number of carbonyl (C=O) groups excluding carboxylic acids is 5. The van der Waals surface area contributed by atoms with E-state index in [-0.39, 0.29) is 54.2 Å². The van der Waals surface area contributed by atoms with E-state index in [4.69, 9.17) is 10.5 Å². The molecule has 0 radical (unpaired) electrons. The number of halogens is 3. The first-order valence-electron chi connectivity index (χ1n) is 21.0. The molecule has 16 heteroatoms. The molecule has 4 aromatic rings. The summed E-state index contributed by atoms with van der Waals surface area (Å²) in [5, 5.41) is 8.65. The summed E-state index contributed by atoms with van der Waals surface area (Å²) in [5.41, 5.74) is 8.82. The summed E-state index contributed by atoms with van der Waals surface area (Å²) in [7, 11) is 0. The van der Waals surface area contributed by atoms with Crippen molar-refractivity contribution in [2.24, 2.45) is 11.7 Å². The van der Waals surface area contributed by atoms with Crippen LogP contribution in [0.25, 0.3) is 11.1 Å². The van der Waals surface area contributed by atoms with Gasteiger partial charge in [-0.2, -0.15) is 13.2 Å². The van der Waals surface area contributed by atoms with Crippen molar-refractivity contribution in [3.8, 4) is 16.9 Å². The first-order valence-corrected chi connectivity index (χ1v) is 21.0. The molecule has 3 aromatic carbocycles. The number of benzene rings is 3. The molecule has 1 unspecified atom stereocenters. The van der Waals surface area contributed by atoms with Gasteiger partial charge in [-0.05, 0) is 109 Å². The van der Waals surface area contributed by atoms with Crippen LogP contribution in [0.5, 0.6) is 5.75 Å². The monoisotopic (exact) mass is 853 g/mol. The maximum Gasteiger partial charge on any atom is 0.419 e. The molecule has 5 N–H and O–H groups in total. The molecule has 0 bridgehead atoms. The number of rotatable bonds is 15. The predicted octanol–water partition coefficient (Wildman–Crippen LogP) is 7.26. The van der Waals surface area contributed by atoms with Gasteiger partial charge in [-0.1, -0.05) is 38.1 Å². The van der Waals surface area contributed by atoms with Crippen LogP contribution in [0.2, 0.25) is 0 Å². The largest absolute Gasteiger partial charge is 0.491 e. The van der Waals surface area contributed by atoms with Gasteiger partial charge in [-0.25, -0.2) is 4.98 Å². The maximum atomic E-state index is 14.1. The molecule has 326 valence electrons. The Morgan fingerprint density at radius 2 is 1.69 bits per heavy atom. The average molecular weight is 854 g/mol. The smallest absolute Gasteiger partial charge is 0.419 e. The number of fused-ring (bicyclic) bond motifs is 1. The zero-order valence-electron chi connectivity index (χ0n) is 34.6. The number of pyridine rings is 1. The van der Waals surface area contributed by atoms with Crippen LogP contribution in [0.3, 0.4) is 0 Å². The average Bonchev–Trinajstić information content (AvgIpc) is 3.50. The lowest BCUT2D eigenvalue weighted by Gasteiger charge is -2.32. The van der Waals surface area contributed by atoms with E-state index >= 15 is 0 Å².